The van der Waals surface area contributed by atoms with Gasteiger partial charge in [0.25, 0.3) is 5.92 Å². The molecule has 29 heavy (non-hydrogen) atoms. The maximum atomic E-state index is 14.8. The first-order chi connectivity index (χ1) is 13.8. The van der Waals surface area contributed by atoms with Gasteiger partial charge >= 0.3 is 0 Å². The van der Waals surface area contributed by atoms with Gasteiger partial charge in [0, 0.05) is 17.5 Å². The second-order valence-electron chi connectivity index (χ2n) is 8.10. The van der Waals surface area contributed by atoms with Gasteiger partial charge in [0.05, 0.1) is 5.92 Å². The van der Waals surface area contributed by atoms with E-state index in [9.17, 15) is 22.0 Å². The molecule has 0 amide bonds. The van der Waals surface area contributed by atoms with Crippen molar-refractivity contribution in [3.63, 3.8) is 0 Å². The minimum Gasteiger partial charge on any atom is -0.206 e. The summed E-state index contributed by atoms with van der Waals surface area (Å²) in [4.78, 5) is 0. The molecule has 1 fully saturated rings. The SMILES string of the molecule is CCCCC1CCC(c2ccc(-c3ccc(CC)cc3F)c(F)c2F)C(F)(F)C1. The van der Waals surface area contributed by atoms with Crippen molar-refractivity contribution in [2.45, 2.75) is 70.6 Å². The lowest BCUT2D eigenvalue weighted by molar-refractivity contribution is -0.0747. The smallest absolute Gasteiger partial charge is 0.206 e. The van der Waals surface area contributed by atoms with Gasteiger partial charge in [-0.2, -0.15) is 0 Å². The average molecular weight is 410 g/mol. The Labute approximate surface area is 169 Å². The first-order valence-electron chi connectivity index (χ1n) is 10.4. The molecule has 1 aliphatic rings. The number of hydrogen-bond acceptors (Lipinski definition) is 0. The van der Waals surface area contributed by atoms with Crippen LogP contribution in [0.2, 0.25) is 0 Å². The predicted octanol–water partition coefficient (Wildman–Crippen LogP) is 8.04. The molecular formula is C24H27F5. The molecule has 0 nitrogen and oxygen atoms in total. The van der Waals surface area contributed by atoms with Crippen LogP contribution >= 0.6 is 0 Å². The zero-order valence-electron chi connectivity index (χ0n) is 16.9. The van der Waals surface area contributed by atoms with Crippen molar-refractivity contribution >= 4 is 0 Å². The van der Waals surface area contributed by atoms with E-state index < -0.39 is 29.3 Å². The molecule has 158 valence electrons. The summed E-state index contributed by atoms with van der Waals surface area (Å²) in [5.74, 6) is -7.74. The molecule has 0 aliphatic heterocycles. The highest BCUT2D eigenvalue weighted by molar-refractivity contribution is 5.66. The molecule has 2 aromatic rings. The van der Waals surface area contributed by atoms with Gasteiger partial charge in [-0.3, -0.25) is 0 Å². The van der Waals surface area contributed by atoms with E-state index in [1.165, 1.54) is 24.3 Å². The fourth-order valence-corrected chi connectivity index (χ4v) is 4.40. The lowest BCUT2D eigenvalue weighted by atomic mass is 9.74. The highest BCUT2D eigenvalue weighted by Gasteiger charge is 2.46. The van der Waals surface area contributed by atoms with Gasteiger partial charge in [0.1, 0.15) is 5.82 Å². The number of aryl methyl sites for hydroxylation is 1. The van der Waals surface area contributed by atoms with Gasteiger partial charge < -0.3 is 0 Å². The second-order valence-corrected chi connectivity index (χ2v) is 8.10. The Morgan fingerprint density at radius 2 is 1.66 bits per heavy atom. The summed E-state index contributed by atoms with van der Waals surface area (Å²) >= 11 is 0. The van der Waals surface area contributed by atoms with Gasteiger partial charge in [-0.15, -0.1) is 0 Å². The van der Waals surface area contributed by atoms with E-state index in [4.69, 9.17) is 0 Å². The maximum absolute atomic E-state index is 14.8. The highest BCUT2D eigenvalue weighted by Crippen LogP contribution is 2.49. The summed E-state index contributed by atoms with van der Waals surface area (Å²) < 4.78 is 73.5. The fourth-order valence-electron chi connectivity index (χ4n) is 4.40. The quantitative estimate of drug-likeness (QED) is 0.423. The van der Waals surface area contributed by atoms with E-state index in [0.29, 0.717) is 12.8 Å². The van der Waals surface area contributed by atoms with E-state index in [-0.39, 0.29) is 35.4 Å². The number of rotatable bonds is 6. The molecule has 2 atom stereocenters. The number of hydrogen-bond donors (Lipinski definition) is 0. The molecule has 2 aromatic carbocycles. The van der Waals surface area contributed by atoms with Gasteiger partial charge in [-0.25, -0.2) is 22.0 Å². The minimum absolute atomic E-state index is 0.0693. The summed E-state index contributed by atoms with van der Waals surface area (Å²) in [6.45, 7) is 3.88. The molecule has 0 bridgehead atoms. The zero-order chi connectivity index (χ0) is 21.2. The monoisotopic (exact) mass is 410 g/mol. The minimum atomic E-state index is -3.08. The number of alkyl halides is 2. The van der Waals surface area contributed by atoms with Gasteiger partial charge in [0.15, 0.2) is 11.6 Å². The van der Waals surface area contributed by atoms with Crippen molar-refractivity contribution in [3.8, 4) is 11.1 Å². The van der Waals surface area contributed by atoms with Gasteiger partial charge in [-0.1, -0.05) is 57.4 Å². The molecule has 0 N–H and O–H groups in total. The van der Waals surface area contributed by atoms with Crippen LogP contribution in [0, 0.1) is 23.4 Å². The van der Waals surface area contributed by atoms with E-state index in [1.807, 2.05) is 13.8 Å². The molecule has 1 aliphatic carbocycles. The number of benzene rings is 2. The summed E-state index contributed by atoms with van der Waals surface area (Å²) in [7, 11) is 0. The highest BCUT2D eigenvalue weighted by atomic mass is 19.3. The first-order valence-corrected chi connectivity index (χ1v) is 10.4. The van der Waals surface area contributed by atoms with Crippen LogP contribution in [0.4, 0.5) is 22.0 Å². The Morgan fingerprint density at radius 3 is 2.28 bits per heavy atom. The van der Waals surface area contributed by atoms with E-state index in [1.54, 1.807) is 6.07 Å². The van der Waals surface area contributed by atoms with Crippen molar-refractivity contribution in [1.82, 2.24) is 0 Å². The number of unbranched alkanes of at least 4 members (excludes halogenated alkanes) is 1. The maximum Gasteiger partial charge on any atom is 0.255 e. The van der Waals surface area contributed by atoms with Crippen LogP contribution in [0.1, 0.15) is 69.4 Å². The van der Waals surface area contributed by atoms with Crippen molar-refractivity contribution in [1.29, 1.82) is 0 Å². The molecule has 5 heteroatoms. The molecule has 2 unspecified atom stereocenters. The fraction of sp³-hybridized carbons (Fsp3) is 0.500. The Kier molecular flexibility index (Phi) is 6.65. The molecular weight excluding hydrogens is 383 g/mol. The number of halogens is 5. The third-order valence-corrected chi connectivity index (χ3v) is 6.12. The van der Waals surface area contributed by atoms with Crippen molar-refractivity contribution in [2.75, 3.05) is 0 Å². The predicted molar refractivity (Wildman–Crippen MR) is 106 cm³/mol. The Balaban J connectivity index is 1.90. The summed E-state index contributed by atoms with van der Waals surface area (Å²) in [6, 6.07) is 6.75. The summed E-state index contributed by atoms with van der Waals surface area (Å²) in [6.07, 6.45) is 3.60. The van der Waals surface area contributed by atoms with Crippen LogP contribution < -0.4 is 0 Å². The summed E-state index contributed by atoms with van der Waals surface area (Å²) in [5, 5.41) is 0. The van der Waals surface area contributed by atoms with Crippen LogP contribution in [0.5, 0.6) is 0 Å². The Hall–Kier alpha value is -1.91. The van der Waals surface area contributed by atoms with Crippen molar-refractivity contribution < 1.29 is 22.0 Å². The average Bonchev–Trinajstić information content (AvgIpc) is 2.69. The molecule has 0 saturated heterocycles. The van der Waals surface area contributed by atoms with Crippen molar-refractivity contribution in [3.05, 3.63) is 58.9 Å². The molecule has 0 heterocycles. The van der Waals surface area contributed by atoms with Crippen LogP contribution in [0.25, 0.3) is 11.1 Å². The second kappa shape index (κ2) is 8.85. The van der Waals surface area contributed by atoms with E-state index in [2.05, 4.69) is 0 Å². The largest absolute Gasteiger partial charge is 0.255 e. The first kappa shape index (κ1) is 21.8. The third-order valence-electron chi connectivity index (χ3n) is 6.12. The van der Waals surface area contributed by atoms with Crippen molar-refractivity contribution in [2.24, 2.45) is 5.92 Å². The normalized spacial score (nSPS) is 21.3. The molecule has 0 aromatic heterocycles. The molecule has 1 saturated carbocycles. The van der Waals surface area contributed by atoms with E-state index in [0.717, 1.165) is 24.8 Å². The Morgan fingerprint density at radius 1 is 0.931 bits per heavy atom. The van der Waals surface area contributed by atoms with Gasteiger partial charge in [0.2, 0.25) is 0 Å². The standard InChI is InChI=1S/C24H27F5/c1-3-5-6-16-8-12-20(24(28,29)14-16)19-11-10-18(22(26)23(19)27)17-9-7-15(4-2)13-21(17)25/h7,9-11,13,16,20H,3-6,8,12,14H2,1-2H3. The van der Waals surface area contributed by atoms with Crippen LogP contribution in [0.3, 0.4) is 0 Å². The van der Waals surface area contributed by atoms with Crippen LogP contribution in [-0.2, 0) is 6.42 Å². The topological polar surface area (TPSA) is 0 Å². The summed E-state index contributed by atoms with van der Waals surface area (Å²) in [5.41, 5.74) is 0.116. The zero-order valence-corrected chi connectivity index (χ0v) is 16.9. The van der Waals surface area contributed by atoms with Gasteiger partial charge in [-0.05, 0) is 42.4 Å². The lowest BCUT2D eigenvalue weighted by Crippen LogP contribution is -2.35. The van der Waals surface area contributed by atoms with Crippen LogP contribution in [-0.4, -0.2) is 5.92 Å². The third kappa shape index (κ3) is 4.49. The Bertz CT molecular complexity index is 859. The molecule has 0 spiro atoms. The molecule has 0 radical (unpaired) electrons. The molecule has 3 rings (SSSR count). The lowest BCUT2D eigenvalue weighted by Gasteiger charge is -2.36. The van der Waals surface area contributed by atoms with Crippen LogP contribution in [0.15, 0.2) is 30.3 Å². The van der Waals surface area contributed by atoms with E-state index >= 15 is 0 Å².